The highest BCUT2D eigenvalue weighted by atomic mass is 16.6. The number of para-hydroxylation sites is 1. The second-order valence-corrected chi connectivity index (χ2v) is 7.29. The maximum Gasteiger partial charge on any atom is 0.415 e. The number of benzene rings is 1. The molecule has 1 fully saturated rings. The average Bonchev–Trinajstić information content (AvgIpc) is 3.36. The Morgan fingerprint density at radius 3 is 2.72 bits per heavy atom. The Labute approximate surface area is 168 Å². The summed E-state index contributed by atoms with van der Waals surface area (Å²) >= 11 is 0. The molecule has 0 saturated carbocycles. The summed E-state index contributed by atoms with van der Waals surface area (Å²) in [6.45, 7) is 6.43. The van der Waals surface area contributed by atoms with Gasteiger partial charge in [-0.3, -0.25) is 4.90 Å². The highest BCUT2D eigenvalue weighted by Crippen LogP contribution is 2.26. The Bertz CT molecular complexity index is 989. The van der Waals surface area contributed by atoms with E-state index >= 15 is 0 Å². The lowest BCUT2D eigenvalue weighted by Gasteiger charge is -2.23. The fourth-order valence-corrected chi connectivity index (χ4v) is 3.19. The lowest BCUT2D eigenvalue weighted by Crippen LogP contribution is -2.37. The number of cyclic esters (lactones) is 1. The molecule has 0 aliphatic carbocycles. The molecule has 1 aliphatic rings. The van der Waals surface area contributed by atoms with Crippen LogP contribution in [0.4, 0.5) is 16.6 Å². The highest BCUT2D eigenvalue weighted by molar-refractivity contribution is 5.89. The van der Waals surface area contributed by atoms with Gasteiger partial charge in [0.2, 0.25) is 5.95 Å². The molecule has 29 heavy (non-hydrogen) atoms. The van der Waals surface area contributed by atoms with Crippen molar-refractivity contribution in [2.45, 2.75) is 32.9 Å². The molecule has 2 atom stereocenters. The third kappa shape index (κ3) is 3.89. The van der Waals surface area contributed by atoms with Crippen LogP contribution in [-0.4, -0.2) is 43.7 Å². The smallest absolute Gasteiger partial charge is 0.415 e. The van der Waals surface area contributed by atoms with Gasteiger partial charge in [-0.05, 0) is 31.0 Å². The monoisotopic (exact) mass is 393 g/mol. The van der Waals surface area contributed by atoms with Crippen LogP contribution < -0.4 is 10.2 Å². The molecule has 1 saturated heterocycles. The lowest BCUT2D eigenvalue weighted by atomic mass is 10.0. The van der Waals surface area contributed by atoms with Crippen molar-refractivity contribution in [3.05, 3.63) is 54.5 Å². The molecule has 1 amide bonds. The number of rotatable bonds is 6. The first kappa shape index (κ1) is 18.9. The van der Waals surface area contributed by atoms with Crippen LogP contribution >= 0.6 is 0 Å². The zero-order chi connectivity index (χ0) is 20.4. The fraction of sp³-hybridized carbons (Fsp3) is 0.350. The molecule has 3 aromatic rings. The normalized spacial score (nSPS) is 17.4. The number of hydrogen-bond acceptors (Lipinski definition) is 7. The number of anilines is 2. The minimum atomic E-state index is -0.382. The van der Waals surface area contributed by atoms with Gasteiger partial charge in [0.25, 0.3) is 0 Å². The summed E-state index contributed by atoms with van der Waals surface area (Å²) in [6, 6.07) is 11.3. The first-order chi connectivity index (χ1) is 14.0. The number of nitrogens with zero attached hydrogens (tertiary/aromatic N) is 6. The molecule has 0 radical (unpaired) electrons. The van der Waals surface area contributed by atoms with Crippen LogP contribution in [0.2, 0.25) is 0 Å². The van der Waals surface area contributed by atoms with E-state index in [9.17, 15) is 4.79 Å². The molecule has 0 bridgehead atoms. The van der Waals surface area contributed by atoms with Gasteiger partial charge in [0.15, 0.2) is 0 Å². The van der Waals surface area contributed by atoms with E-state index in [4.69, 9.17) is 4.74 Å². The van der Waals surface area contributed by atoms with Gasteiger partial charge in [-0.15, -0.1) is 5.10 Å². The van der Waals surface area contributed by atoms with E-state index in [0.29, 0.717) is 18.4 Å². The predicted octanol–water partition coefficient (Wildman–Crippen LogP) is 3.21. The van der Waals surface area contributed by atoms with Gasteiger partial charge in [0.05, 0.1) is 24.0 Å². The summed E-state index contributed by atoms with van der Waals surface area (Å²) in [5, 5.41) is 11.7. The third-order valence-electron chi connectivity index (χ3n) is 4.88. The molecule has 4 rings (SSSR count). The molecule has 9 heteroatoms. The molecule has 2 aromatic heterocycles. The van der Waals surface area contributed by atoms with E-state index in [0.717, 1.165) is 11.4 Å². The zero-order valence-corrected chi connectivity index (χ0v) is 16.6. The van der Waals surface area contributed by atoms with Crippen molar-refractivity contribution in [1.82, 2.24) is 25.0 Å². The molecule has 1 aliphatic heterocycles. The first-order valence-corrected chi connectivity index (χ1v) is 9.56. The lowest BCUT2D eigenvalue weighted by molar-refractivity contribution is 0.177. The maximum atomic E-state index is 12.2. The van der Waals surface area contributed by atoms with Crippen molar-refractivity contribution in [2.24, 2.45) is 5.92 Å². The SMILES string of the molecule is CC(C)C1COC(=O)N1c1ccnc(N[C@@H](C)c2cn(-c3ccccc3)nn2)n1. The predicted molar refractivity (Wildman–Crippen MR) is 108 cm³/mol. The Morgan fingerprint density at radius 1 is 1.17 bits per heavy atom. The second-order valence-electron chi connectivity index (χ2n) is 7.29. The van der Waals surface area contributed by atoms with Gasteiger partial charge in [-0.25, -0.2) is 14.5 Å². The Balaban J connectivity index is 1.51. The van der Waals surface area contributed by atoms with E-state index < -0.39 is 0 Å². The molecular weight excluding hydrogens is 370 g/mol. The van der Waals surface area contributed by atoms with E-state index in [-0.39, 0.29) is 24.1 Å². The summed E-state index contributed by atoms with van der Waals surface area (Å²) in [7, 11) is 0. The molecule has 0 spiro atoms. The highest BCUT2D eigenvalue weighted by Gasteiger charge is 2.37. The van der Waals surface area contributed by atoms with Gasteiger partial charge in [-0.2, -0.15) is 4.98 Å². The van der Waals surface area contributed by atoms with Crippen molar-refractivity contribution in [3.63, 3.8) is 0 Å². The van der Waals surface area contributed by atoms with Crippen LogP contribution in [0, 0.1) is 5.92 Å². The van der Waals surface area contributed by atoms with Gasteiger partial charge >= 0.3 is 6.09 Å². The van der Waals surface area contributed by atoms with E-state index in [2.05, 4.69) is 39.4 Å². The zero-order valence-electron chi connectivity index (χ0n) is 16.6. The number of carbonyl (C=O) groups excluding carboxylic acids is 1. The minimum Gasteiger partial charge on any atom is -0.447 e. The van der Waals surface area contributed by atoms with Crippen LogP contribution in [0.25, 0.3) is 5.69 Å². The topological polar surface area (TPSA) is 98.1 Å². The average molecular weight is 393 g/mol. The van der Waals surface area contributed by atoms with E-state index in [1.165, 1.54) is 0 Å². The quantitative estimate of drug-likeness (QED) is 0.686. The second kappa shape index (κ2) is 7.86. The molecule has 1 aromatic carbocycles. The van der Waals surface area contributed by atoms with Crippen molar-refractivity contribution in [2.75, 3.05) is 16.8 Å². The summed E-state index contributed by atoms with van der Waals surface area (Å²) in [5.74, 6) is 1.18. The largest absolute Gasteiger partial charge is 0.447 e. The van der Waals surface area contributed by atoms with Gasteiger partial charge < -0.3 is 10.1 Å². The summed E-state index contributed by atoms with van der Waals surface area (Å²) in [5.41, 5.74) is 1.69. The van der Waals surface area contributed by atoms with Crippen LogP contribution in [0.1, 0.15) is 32.5 Å². The number of nitrogens with one attached hydrogen (secondary N) is 1. The van der Waals surface area contributed by atoms with Crippen LogP contribution in [0.5, 0.6) is 0 Å². The standard InChI is InChI=1S/C20H23N7O2/c1-13(2)17-12-29-20(28)27(17)18-9-10-21-19(23-18)22-14(3)16-11-26(25-24-16)15-7-5-4-6-8-15/h4-11,13-14,17H,12H2,1-3H3,(H,21,22,23)/t14-,17?/m0/s1. The summed E-state index contributed by atoms with van der Waals surface area (Å²) < 4.78 is 6.93. The van der Waals surface area contributed by atoms with Crippen molar-refractivity contribution in [1.29, 1.82) is 0 Å². The number of aromatic nitrogens is 5. The van der Waals surface area contributed by atoms with Crippen molar-refractivity contribution in [3.8, 4) is 5.69 Å². The van der Waals surface area contributed by atoms with E-state index in [1.807, 2.05) is 43.5 Å². The first-order valence-electron chi connectivity index (χ1n) is 9.56. The number of ether oxygens (including phenoxy) is 1. The molecule has 150 valence electrons. The van der Waals surface area contributed by atoms with Gasteiger partial charge in [0.1, 0.15) is 18.1 Å². The Hall–Kier alpha value is -3.49. The fourth-order valence-electron chi connectivity index (χ4n) is 3.19. The molecule has 1 N–H and O–H groups in total. The van der Waals surface area contributed by atoms with Crippen LogP contribution in [-0.2, 0) is 4.74 Å². The van der Waals surface area contributed by atoms with Crippen molar-refractivity contribution < 1.29 is 9.53 Å². The minimum absolute atomic E-state index is 0.0477. The number of carbonyl (C=O) groups is 1. The molecule has 9 nitrogen and oxygen atoms in total. The number of amides is 1. The van der Waals surface area contributed by atoms with Crippen LogP contribution in [0.3, 0.4) is 0 Å². The Morgan fingerprint density at radius 2 is 1.97 bits per heavy atom. The van der Waals surface area contributed by atoms with Crippen LogP contribution in [0.15, 0.2) is 48.8 Å². The summed E-state index contributed by atoms with van der Waals surface area (Å²) in [6.07, 6.45) is 3.11. The van der Waals surface area contributed by atoms with E-state index in [1.54, 1.807) is 21.8 Å². The van der Waals surface area contributed by atoms with Gasteiger partial charge in [-0.1, -0.05) is 37.3 Å². The molecule has 1 unspecified atom stereocenters. The van der Waals surface area contributed by atoms with Crippen molar-refractivity contribution >= 4 is 17.9 Å². The summed E-state index contributed by atoms with van der Waals surface area (Å²) in [4.78, 5) is 22.6. The Kier molecular flexibility index (Phi) is 5.11. The molecular formula is C20H23N7O2. The third-order valence-corrected chi connectivity index (χ3v) is 4.88. The maximum absolute atomic E-state index is 12.2. The molecule has 3 heterocycles. The number of hydrogen-bond donors (Lipinski definition) is 1. The van der Waals surface area contributed by atoms with Gasteiger partial charge in [0, 0.05) is 6.20 Å².